The number of rotatable bonds is 4. The second-order valence-electron chi connectivity index (χ2n) is 3.92. The van der Waals surface area contributed by atoms with Crippen LogP contribution in [0.1, 0.15) is 12.8 Å². The minimum atomic E-state index is -0.929. The van der Waals surface area contributed by atoms with Gasteiger partial charge in [-0.25, -0.2) is 9.18 Å². The molecule has 0 aromatic heterocycles. The predicted octanol–water partition coefficient (Wildman–Crippen LogP) is 2.86. The zero-order valence-electron chi connectivity index (χ0n) is 8.41. The van der Waals surface area contributed by atoms with Crippen LogP contribution in [0.3, 0.4) is 0 Å². The SMILES string of the molecule is O=C(O)C(Nc1cc(Br)ccc1F)C1CC1. The summed E-state index contributed by atoms with van der Waals surface area (Å²) in [6.45, 7) is 0. The van der Waals surface area contributed by atoms with E-state index in [9.17, 15) is 9.18 Å². The van der Waals surface area contributed by atoms with Gasteiger partial charge >= 0.3 is 5.97 Å². The fourth-order valence-electron chi connectivity index (χ4n) is 1.59. The maximum absolute atomic E-state index is 13.4. The van der Waals surface area contributed by atoms with Crippen LogP contribution in [0.25, 0.3) is 0 Å². The molecule has 2 N–H and O–H groups in total. The summed E-state index contributed by atoms with van der Waals surface area (Å²) < 4.78 is 14.1. The first kappa shape index (κ1) is 11.4. The van der Waals surface area contributed by atoms with Crippen LogP contribution in [0.2, 0.25) is 0 Å². The van der Waals surface area contributed by atoms with Crippen molar-refractivity contribution >= 4 is 27.6 Å². The molecule has 0 aliphatic heterocycles. The molecule has 0 amide bonds. The van der Waals surface area contributed by atoms with E-state index in [1.165, 1.54) is 6.07 Å². The van der Waals surface area contributed by atoms with E-state index < -0.39 is 17.8 Å². The third-order valence-corrected chi connectivity index (χ3v) is 3.09. The van der Waals surface area contributed by atoms with Crippen molar-refractivity contribution in [2.75, 3.05) is 5.32 Å². The molecule has 16 heavy (non-hydrogen) atoms. The Balaban J connectivity index is 2.17. The molecule has 3 nitrogen and oxygen atoms in total. The lowest BCUT2D eigenvalue weighted by molar-refractivity contribution is -0.138. The lowest BCUT2D eigenvalue weighted by Gasteiger charge is -2.15. The summed E-state index contributed by atoms with van der Waals surface area (Å²) in [4.78, 5) is 11.0. The largest absolute Gasteiger partial charge is 0.480 e. The van der Waals surface area contributed by atoms with E-state index in [1.54, 1.807) is 12.1 Å². The highest BCUT2D eigenvalue weighted by Gasteiger charge is 2.36. The minimum absolute atomic E-state index is 0.121. The standard InChI is InChI=1S/C11H11BrFNO2/c12-7-3-4-8(13)9(5-7)14-10(11(15)16)6-1-2-6/h3-6,10,14H,1-2H2,(H,15,16). The summed E-state index contributed by atoms with van der Waals surface area (Å²) in [5.41, 5.74) is 0.230. The molecule has 1 aliphatic rings. The molecule has 1 aromatic rings. The van der Waals surface area contributed by atoms with Crippen LogP contribution in [-0.2, 0) is 4.79 Å². The zero-order chi connectivity index (χ0) is 11.7. The first-order valence-corrected chi connectivity index (χ1v) is 5.81. The van der Waals surface area contributed by atoms with Crippen LogP contribution in [0.5, 0.6) is 0 Å². The zero-order valence-corrected chi connectivity index (χ0v) is 10.00. The first-order chi connectivity index (χ1) is 7.58. The predicted molar refractivity (Wildman–Crippen MR) is 61.9 cm³/mol. The van der Waals surface area contributed by atoms with E-state index in [-0.39, 0.29) is 11.6 Å². The summed E-state index contributed by atoms with van der Waals surface area (Å²) in [5, 5.41) is 11.8. The number of carboxylic acid groups (broad SMARTS) is 1. The summed E-state index contributed by atoms with van der Waals surface area (Å²) in [6, 6.07) is 3.74. The van der Waals surface area contributed by atoms with E-state index >= 15 is 0 Å². The minimum Gasteiger partial charge on any atom is -0.480 e. The Labute approximate surface area is 101 Å². The average molecular weight is 288 g/mol. The molecule has 0 saturated heterocycles. The highest BCUT2D eigenvalue weighted by atomic mass is 79.9. The number of hydrogen-bond acceptors (Lipinski definition) is 2. The van der Waals surface area contributed by atoms with Crippen molar-refractivity contribution in [2.24, 2.45) is 5.92 Å². The molecule has 1 saturated carbocycles. The van der Waals surface area contributed by atoms with E-state index in [0.29, 0.717) is 0 Å². The van der Waals surface area contributed by atoms with E-state index in [0.717, 1.165) is 17.3 Å². The van der Waals surface area contributed by atoms with Crippen LogP contribution in [0.15, 0.2) is 22.7 Å². The van der Waals surface area contributed by atoms with Crippen LogP contribution in [-0.4, -0.2) is 17.1 Å². The number of hydrogen-bond donors (Lipinski definition) is 2. The van der Waals surface area contributed by atoms with Gasteiger partial charge in [-0.05, 0) is 37.0 Å². The van der Waals surface area contributed by atoms with Gasteiger partial charge in [0, 0.05) is 4.47 Å². The smallest absolute Gasteiger partial charge is 0.326 e. The number of nitrogens with one attached hydrogen (secondary N) is 1. The van der Waals surface area contributed by atoms with Crippen molar-refractivity contribution in [1.29, 1.82) is 0 Å². The number of carbonyl (C=O) groups is 1. The molecule has 1 aromatic carbocycles. The molecular weight excluding hydrogens is 277 g/mol. The van der Waals surface area contributed by atoms with Crippen LogP contribution >= 0.6 is 15.9 Å². The fraction of sp³-hybridized carbons (Fsp3) is 0.364. The van der Waals surface area contributed by atoms with Crippen molar-refractivity contribution in [3.63, 3.8) is 0 Å². The van der Waals surface area contributed by atoms with Gasteiger partial charge in [-0.15, -0.1) is 0 Å². The molecule has 2 rings (SSSR count). The number of carboxylic acids is 1. The third kappa shape index (κ3) is 2.52. The molecule has 0 radical (unpaired) electrons. The van der Waals surface area contributed by atoms with Crippen molar-refractivity contribution in [1.82, 2.24) is 0 Å². The van der Waals surface area contributed by atoms with Gasteiger partial charge in [0.1, 0.15) is 11.9 Å². The summed E-state index contributed by atoms with van der Waals surface area (Å²) in [5.74, 6) is -1.24. The Hall–Kier alpha value is -1.10. The van der Waals surface area contributed by atoms with Gasteiger partial charge in [-0.1, -0.05) is 15.9 Å². The van der Waals surface area contributed by atoms with Gasteiger partial charge in [0.05, 0.1) is 5.69 Å². The second kappa shape index (κ2) is 4.41. The summed E-state index contributed by atoms with van der Waals surface area (Å²) >= 11 is 3.22. The average Bonchev–Trinajstić information content (AvgIpc) is 3.02. The van der Waals surface area contributed by atoms with Crippen molar-refractivity contribution in [3.05, 3.63) is 28.5 Å². The van der Waals surface area contributed by atoms with Crippen LogP contribution < -0.4 is 5.32 Å². The van der Waals surface area contributed by atoms with Gasteiger partial charge < -0.3 is 10.4 Å². The highest BCUT2D eigenvalue weighted by Crippen LogP contribution is 2.35. The molecule has 1 unspecified atom stereocenters. The summed E-state index contributed by atoms with van der Waals surface area (Å²) in [7, 11) is 0. The Morgan fingerprint density at radius 2 is 2.25 bits per heavy atom. The molecular formula is C11H11BrFNO2. The Morgan fingerprint density at radius 3 is 2.81 bits per heavy atom. The number of aliphatic carboxylic acids is 1. The van der Waals surface area contributed by atoms with Gasteiger partial charge in [0.25, 0.3) is 0 Å². The van der Waals surface area contributed by atoms with E-state index in [2.05, 4.69) is 21.2 Å². The molecule has 1 aliphatic carbocycles. The van der Waals surface area contributed by atoms with Gasteiger partial charge in [0.2, 0.25) is 0 Å². The van der Waals surface area contributed by atoms with Crippen molar-refractivity contribution in [2.45, 2.75) is 18.9 Å². The summed E-state index contributed by atoms with van der Waals surface area (Å²) in [6.07, 6.45) is 1.78. The van der Waals surface area contributed by atoms with Crippen LogP contribution in [0, 0.1) is 11.7 Å². The maximum atomic E-state index is 13.4. The third-order valence-electron chi connectivity index (χ3n) is 2.60. The van der Waals surface area contributed by atoms with Crippen LogP contribution in [0.4, 0.5) is 10.1 Å². The van der Waals surface area contributed by atoms with Crippen molar-refractivity contribution < 1.29 is 14.3 Å². The normalized spacial score (nSPS) is 16.9. The molecule has 86 valence electrons. The number of anilines is 1. The molecule has 0 heterocycles. The monoisotopic (exact) mass is 287 g/mol. The van der Waals surface area contributed by atoms with Gasteiger partial charge in [0.15, 0.2) is 0 Å². The Bertz CT molecular complexity index is 420. The van der Waals surface area contributed by atoms with Crippen molar-refractivity contribution in [3.8, 4) is 0 Å². The molecule has 0 spiro atoms. The fourth-order valence-corrected chi connectivity index (χ4v) is 1.95. The Kier molecular flexibility index (Phi) is 3.14. The lowest BCUT2D eigenvalue weighted by atomic mass is 10.1. The Morgan fingerprint density at radius 1 is 1.56 bits per heavy atom. The van der Waals surface area contributed by atoms with E-state index in [1.807, 2.05) is 0 Å². The number of benzene rings is 1. The highest BCUT2D eigenvalue weighted by molar-refractivity contribution is 9.10. The van der Waals surface area contributed by atoms with Gasteiger partial charge in [-0.3, -0.25) is 0 Å². The van der Waals surface area contributed by atoms with Gasteiger partial charge in [-0.2, -0.15) is 0 Å². The first-order valence-electron chi connectivity index (χ1n) is 5.02. The maximum Gasteiger partial charge on any atom is 0.326 e. The molecule has 1 atom stereocenters. The quantitative estimate of drug-likeness (QED) is 0.895. The van der Waals surface area contributed by atoms with E-state index in [4.69, 9.17) is 5.11 Å². The number of halogens is 2. The lowest BCUT2D eigenvalue weighted by Crippen LogP contribution is -2.31. The topological polar surface area (TPSA) is 49.3 Å². The molecule has 5 heteroatoms. The molecule has 0 bridgehead atoms. The molecule has 1 fully saturated rings. The second-order valence-corrected chi connectivity index (χ2v) is 4.84.